The molecule has 23 heavy (non-hydrogen) atoms. The average Bonchev–Trinajstić information content (AvgIpc) is 3.20. The largest absolute Gasteiger partial charge is 0.493 e. The predicted octanol–water partition coefficient (Wildman–Crippen LogP) is 2.05. The smallest absolute Gasteiger partial charge is 0.228 e. The highest BCUT2D eigenvalue weighted by Gasteiger charge is 2.15. The number of nitrogens with zero attached hydrogens (tertiary/aromatic N) is 1. The number of nitrogens with one attached hydrogen (secondary N) is 1. The average molecular weight is 333 g/mol. The Hall–Kier alpha value is -1.96. The molecule has 0 bridgehead atoms. The van der Waals surface area contributed by atoms with Gasteiger partial charge in [-0.3, -0.25) is 4.79 Å². The molecule has 1 aromatic heterocycles. The van der Waals surface area contributed by atoms with Crippen molar-refractivity contribution in [3.8, 4) is 17.0 Å². The maximum Gasteiger partial charge on any atom is 0.228 e. The quantitative estimate of drug-likeness (QED) is 0.845. The molecule has 0 fully saturated rings. The number of carbonyl (C=O) groups excluding carboxylic acids is 1. The number of anilines is 1. The number of aromatic nitrogens is 1. The predicted molar refractivity (Wildman–Crippen MR) is 89.8 cm³/mol. The van der Waals surface area contributed by atoms with Gasteiger partial charge in [-0.25, -0.2) is 4.98 Å². The Morgan fingerprint density at radius 1 is 1.57 bits per heavy atom. The van der Waals surface area contributed by atoms with Gasteiger partial charge in [-0.1, -0.05) is 0 Å². The fourth-order valence-corrected chi connectivity index (χ4v) is 3.19. The van der Waals surface area contributed by atoms with E-state index in [0.717, 1.165) is 30.0 Å². The maximum atomic E-state index is 11.9. The minimum Gasteiger partial charge on any atom is -0.493 e. The van der Waals surface area contributed by atoms with Crippen LogP contribution in [0.1, 0.15) is 12.0 Å². The maximum absolute atomic E-state index is 11.9. The lowest BCUT2D eigenvalue weighted by Crippen LogP contribution is -2.28. The molecule has 1 atom stereocenters. The molecule has 0 aliphatic carbocycles. The Morgan fingerprint density at radius 2 is 2.43 bits per heavy atom. The lowest BCUT2D eigenvalue weighted by molar-refractivity contribution is -0.118. The molecule has 1 amide bonds. The zero-order chi connectivity index (χ0) is 16.2. The molecule has 0 saturated heterocycles. The molecule has 2 heterocycles. The van der Waals surface area contributed by atoms with Crippen LogP contribution in [0.3, 0.4) is 0 Å². The van der Waals surface area contributed by atoms with Gasteiger partial charge in [0.25, 0.3) is 0 Å². The molecule has 1 aliphatic heterocycles. The second-order valence-electron chi connectivity index (χ2n) is 5.30. The van der Waals surface area contributed by atoms with Crippen molar-refractivity contribution in [3.05, 3.63) is 29.1 Å². The van der Waals surface area contributed by atoms with Crippen molar-refractivity contribution in [2.24, 2.45) is 5.73 Å². The summed E-state index contributed by atoms with van der Waals surface area (Å²) < 4.78 is 10.6. The number of hydrogen-bond donors (Lipinski definition) is 2. The van der Waals surface area contributed by atoms with E-state index in [-0.39, 0.29) is 18.4 Å². The number of methoxy groups -OCH3 is 1. The van der Waals surface area contributed by atoms with E-state index in [2.05, 4.69) is 16.4 Å². The molecule has 0 radical (unpaired) electrons. The van der Waals surface area contributed by atoms with E-state index >= 15 is 0 Å². The number of benzene rings is 1. The Morgan fingerprint density at radius 3 is 3.22 bits per heavy atom. The van der Waals surface area contributed by atoms with Crippen LogP contribution in [0.2, 0.25) is 0 Å². The van der Waals surface area contributed by atoms with Gasteiger partial charge in [-0.15, -0.1) is 11.3 Å². The van der Waals surface area contributed by atoms with Gasteiger partial charge in [0, 0.05) is 31.0 Å². The molecule has 0 saturated carbocycles. The number of carbonyl (C=O) groups is 1. The van der Waals surface area contributed by atoms with Crippen LogP contribution in [0.5, 0.6) is 5.75 Å². The van der Waals surface area contributed by atoms with E-state index in [4.69, 9.17) is 15.2 Å². The highest BCUT2D eigenvalue weighted by molar-refractivity contribution is 7.14. The first-order valence-corrected chi connectivity index (χ1v) is 8.32. The van der Waals surface area contributed by atoms with E-state index in [1.165, 1.54) is 16.9 Å². The number of hydrogen-bond acceptors (Lipinski definition) is 6. The van der Waals surface area contributed by atoms with Crippen molar-refractivity contribution in [1.29, 1.82) is 0 Å². The summed E-state index contributed by atoms with van der Waals surface area (Å²) in [7, 11) is 1.55. The summed E-state index contributed by atoms with van der Waals surface area (Å²) in [5.74, 6) is 0.801. The molecular weight excluding hydrogens is 314 g/mol. The van der Waals surface area contributed by atoms with E-state index < -0.39 is 0 Å². The van der Waals surface area contributed by atoms with Crippen LogP contribution in [0.15, 0.2) is 23.6 Å². The summed E-state index contributed by atoms with van der Waals surface area (Å²) in [6.07, 6.45) is 0.873. The van der Waals surface area contributed by atoms with Gasteiger partial charge in [0.1, 0.15) is 5.75 Å². The monoisotopic (exact) mass is 333 g/mol. The fraction of sp³-hybridized carbons (Fsp3) is 0.375. The number of fused-ring (bicyclic) bond motifs is 1. The van der Waals surface area contributed by atoms with Gasteiger partial charge in [-0.05, 0) is 23.8 Å². The number of rotatable bonds is 6. The number of ether oxygens (including phenoxy) is 2. The van der Waals surface area contributed by atoms with Crippen LogP contribution in [-0.2, 0) is 16.0 Å². The SMILES string of the molecule is COC(CN)CC(=O)Nc1nc(-c2ccc3c(c2)CCO3)cs1. The standard InChI is InChI=1S/C16H19N3O3S/c1-21-12(8-17)7-15(20)19-16-18-13(9-23-16)10-2-3-14-11(6-10)4-5-22-14/h2-3,6,9,12H,4-5,7-8,17H2,1H3,(H,18,19,20). The number of thiazole rings is 1. The second kappa shape index (κ2) is 7.08. The Balaban J connectivity index is 1.67. The highest BCUT2D eigenvalue weighted by Crippen LogP contribution is 2.31. The Bertz CT molecular complexity index is 698. The Labute approximate surface area is 138 Å². The van der Waals surface area contributed by atoms with E-state index in [9.17, 15) is 4.79 Å². The van der Waals surface area contributed by atoms with Gasteiger partial charge < -0.3 is 20.5 Å². The summed E-state index contributed by atoms with van der Waals surface area (Å²) in [5.41, 5.74) is 8.60. The first-order chi connectivity index (χ1) is 11.2. The van der Waals surface area contributed by atoms with E-state index in [0.29, 0.717) is 11.7 Å². The van der Waals surface area contributed by atoms with Crippen LogP contribution in [-0.4, -0.2) is 37.3 Å². The molecule has 122 valence electrons. The first-order valence-electron chi connectivity index (χ1n) is 7.44. The summed E-state index contributed by atoms with van der Waals surface area (Å²) in [6, 6.07) is 6.05. The van der Waals surface area contributed by atoms with Crippen LogP contribution < -0.4 is 15.8 Å². The van der Waals surface area contributed by atoms with Crippen LogP contribution >= 0.6 is 11.3 Å². The Kier molecular flexibility index (Phi) is 4.90. The second-order valence-corrected chi connectivity index (χ2v) is 6.16. The molecule has 2 aromatic rings. The molecule has 7 heteroatoms. The lowest BCUT2D eigenvalue weighted by atomic mass is 10.1. The molecule has 0 spiro atoms. The minimum absolute atomic E-state index is 0.148. The zero-order valence-electron chi connectivity index (χ0n) is 12.9. The fourth-order valence-electron chi connectivity index (χ4n) is 2.45. The number of amides is 1. The lowest BCUT2D eigenvalue weighted by Gasteiger charge is -2.11. The summed E-state index contributed by atoms with van der Waals surface area (Å²) in [5, 5.41) is 5.30. The highest BCUT2D eigenvalue weighted by atomic mass is 32.1. The third-order valence-corrected chi connectivity index (χ3v) is 4.50. The van der Waals surface area contributed by atoms with Crippen molar-refractivity contribution in [2.75, 3.05) is 25.6 Å². The molecule has 3 rings (SSSR count). The minimum atomic E-state index is -0.272. The van der Waals surface area contributed by atoms with E-state index in [1.807, 2.05) is 17.5 Å². The van der Waals surface area contributed by atoms with Crippen molar-refractivity contribution < 1.29 is 14.3 Å². The van der Waals surface area contributed by atoms with Crippen molar-refractivity contribution in [2.45, 2.75) is 18.9 Å². The zero-order valence-corrected chi connectivity index (χ0v) is 13.7. The molecule has 1 aliphatic rings. The van der Waals surface area contributed by atoms with Gasteiger partial charge in [-0.2, -0.15) is 0 Å². The van der Waals surface area contributed by atoms with E-state index in [1.54, 1.807) is 7.11 Å². The summed E-state index contributed by atoms with van der Waals surface area (Å²) >= 11 is 1.40. The van der Waals surface area contributed by atoms with Crippen LogP contribution in [0.25, 0.3) is 11.3 Å². The first kappa shape index (κ1) is 15.9. The third-order valence-electron chi connectivity index (χ3n) is 3.75. The van der Waals surface area contributed by atoms with Crippen molar-refractivity contribution in [1.82, 2.24) is 4.98 Å². The third kappa shape index (κ3) is 3.69. The normalized spacial score (nSPS) is 14.2. The molecule has 1 aromatic carbocycles. The topological polar surface area (TPSA) is 86.5 Å². The molecule has 6 nitrogen and oxygen atoms in total. The van der Waals surface area contributed by atoms with Crippen LogP contribution in [0, 0.1) is 0 Å². The molecule has 1 unspecified atom stereocenters. The van der Waals surface area contributed by atoms with Gasteiger partial charge in [0.15, 0.2) is 5.13 Å². The summed E-state index contributed by atoms with van der Waals surface area (Å²) in [6.45, 7) is 1.04. The molecule has 3 N–H and O–H groups in total. The van der Waals surface area contributed by atoms with Gasteiger partial charge in [0.05, 0.1) is 24.8 Å². The molecular formula is C16H19N3O3S. The van der Waals surface area contributed by atoms with Crippen LogP contribution in [0.4, 0.5) is 5.13 Å². The van der Waals surface area contributed by atoms with Crippen molar-refractivity contribution >= 4 is 22.4 Å². The van der Waals surface area contributed by atoms with Crippen molar-refractivity contribution in [3.63, 3.8) is 0 Å². The number of nitrogens with two attached hydrogens (primary N) is 1. The van der Waals surface area contributed by atoms with Gasteiger partial charge in [0.2, 0.25) is 5.91 Å². The van der Waals surface area contributed by atoms with Gasteiger partial charge >= 0.3 is 0 Å². The summed E-state index contributed by atoms with van der Waals surface area (Å²) in [4.78, 5) is 16.4.